The maximum atomic E-state index is 6.09. The number of hydrogen-bond donors (Lipinski definition) is 1. The van der Waals surface area contributed by atoms with Gasteiger partial charge in [-0.3, -0.25) is 9.56 Å². The quantitative estimate of drug-likeness (QED) is 0.693. The van der Waals surface area contributed by atoms with Crippen LogP contribution in [0.25, 0.3) is 17.1 Å². The van der Waals surface area contributed by atoms with Gasteiger partial charge >= 0.3 is 0 Å². The molecule has 1 aliphatic heterocycles. The van der Waals surface area contributed by atoms with E-state index in [1.165, 1.54) is 0 Å². The van der Waals surface area contributed by atoms with E-state index in [0.29, 0.717) is 12.2 Å². The minimum absolute atomic E-state index is 0.508. The van der Waals surface area contributed by atoms with E-state index in [2.05, 4.69) is 15.2 Å². The monoisotopic (exact) mass is 275 g/mol. The van der Waals surface area contributed by atoms with Gasteiger partial charge in [-0.25, -0.2) is 0 Å². The third kappa shape index (κ3) is 1.82. The number of para-hydroxylation sites is 2. The van der Waals surface area contributed by atoms with Gasteiger partial charge in [0.2, 0.25) is 0 Å². The molecule has 0 atom stereocenters. The van der Waals surface area contributed by atoms with Crippen molar-refractivity contribution >= 4 is 11.9 Å². The molecular weight excluding hydrogens is 262 g/mol. The van der Waals surface area contributed by atoms with Gasteiger partial charge in [0.1, 0.15) is 0 Å². The van der Waals surface area contributed by atoms with Crippen molar-refractivity contribution < 1.29 is 0 Å². The van der Waals surface area contributed by atoms with Crippen molar-refractivity contribution in [2.75, 3.05) is 5.73 Å². The highest BCUT2D eigenvalue weighted by Gasteiger charge is 2.19. The third-order valence-electron chi connectivity index (χ3n) is 3.57. The molecule has 4 rings (SSSR count). The highest BCUT2D eigenvalue weighted by molar-refractivity contribution is 5.86. The molecule has 0 amide bonds. The molecule has 0 fully saturated rings. The maximum Gasteiger partial charge on any atom is 0.170 e. The lowest BCUT2D eigenvalue weighted by Gasteiger charge is -2.11. The fourth-order valence-corrected chi connectivity index (χ4v) is 2.57. The van der Waals surface area contributed by atoms with Gasteiger partial charge in [-0.15, -0.1) is 10.2 Å². The molecule has 1 aliphatic rings. The number of aliphatic imine (C=N–C) groups is 1. The zero-order valence-electron chi connectivity index (χ0n) is 11.3. The average Bonchev–Trinajstić information content (AvgIpc) is 2.83. The number of anilines is 1. The molecular formula is C16H13N5. The van der Waals surface area contributed by atoms with E-state index in [-0.39, 0.29) is 0 Å². The fourth-order valence-electron chi connectivity index (χ4n) is 2.57. The zero-order valence-corrected chi connectivity index (χ0v) is 11.3. The van der Waals surface area contributed by atoms with Crippen LogP contribution in [-0.4, -0.2) is 21.0 Å². The Bertz CT molecular complexity index is 847. The Morgan fingerprint density at radius 1 is 0.952 bits per heavy atom. The summed E-state index contributed by atoms with van der Waals surface area (Å²) in [4.78, 5) is 4.40. The number of hydrogen-bond acceptors (Lipinski definition) is 4. The Hall–Kier alpha value is -2.95. The topological polar surface area (TPSA) is 69.1 Å². The molecule has 5 heteroatoms. The van der Waals surface area contributed by atoms with Crippen molar-refractivity contribution in [2.24, 2.45) is 4.99 Å². The first-order chi connectivity index (χ1) is 10.3. The number of aromatic nitrogens is 3. The molecule has 0 unspecified atom stereocenters. The Labute approximate surface area is 121 Å². The summed E-state index contributed by atoms with van der Waals surface area (Å²) in [6.45, 7) is 0.508. The van der Waals surface area contributed by atoms with Crippen molar-refractivity contribution in [1.82, 2.24) is 14.8 Å². The SMILES string of the molecule is Nc1ccccc1-c1nnc2n1-c1ccccc1C=NC2. The first-order valence-corrected chi connectivity index (χ1v) is 6.73. The molecule has 0 saturated carbocycles. The summed E-state index contributed by atoms with van der Waals surface area (Å²) in [6.07, 6.45) is 1.88. The zero-order chi connectivity index (χ0) is 14.2. The predicted molar refractivity (Wildman–Crippen MR) is 82.5 cm³/mol. The van der Waals surface area contributed by atoms with E-state index >= 15 is 0 Å². The molecule has 0 spiro atoms. The summed E-state index contributed by atoms with van der Waals surface area (Å²) < 4.78 is 2.04. The number of nitrogens with two attached hydrogens (primary N) is 1. The molecule has 3 aromatic rings. The second-order valence-electron chi connectivity index (χ2n) is 4.89. The fraction of sp³-hybridized carbons (Fsp3) is 0.0625. The van der Waals surface area contributed by atoms with Crippen molar-refractivity contribution in [3.63, 3.8) is 0 Å². The Morgan fingerprint density at radius 3 is 2.67 bits per heavy atom. The number of nitrogen functional groups attached to an aromatic ring is 1. The minimum Gasteiger partial charge on any atom is -0.398 e. The third-order valence-corrected chi connectivity index (χ3v) is 3.57. The maximum absolute atomic E-state index is 6.09. The number of nitrogens with zero attached hydrogens (tertiary/aromatic N) is 4. The Kier molecular flexibility index (Phi) is 2.57. The second kappa shape index (κ2) is 4.56. The smallest absolute Gasteiger partial charge is 0.170 e. The van der Waals surface area contributed by atoms with Crippen LogP contribution in [0, 0.1) is 0 Å². The highest BCUT2D eigenvalue weighted by atomic mass is 15.3. The molecule has 5 nitrogen and oxygen atoms in total. The van der Waals surface area contributed by atoms with Gasteiger partial charge in [-0.05, 0) is 18.2 Å². The van der Waals surface area contributed by atoms with Crippen molar-refractivity contribution in [2.45, 2.75) is 6.54 Å². The first-order valence-electron chi connectivity index (χ1n) is 6.73. The van der Waals surface area contributed by atoms with Gasteiger partial charge in [-0.1, -0.05) is 30.3 Å². The molecule has 2 heterocycles. The van der Waals surface area contributed by atoms with Crippen LogP contribution >= 0.6 is 0 Å². The van der Waals surface area contributed by atoms with E-state index in [9.17, 15) is 0 Å². The average molecular weight is 275 g/mol. The number of fused-ring (bicyclic) bond motifs is 3. The standard InChI is InChI=1S/C16H13N5/c17-13-7-3-2-6-12(13)16-20-19-15-10-18-9-11-5-1-4-8-14(11)21(15)16/h1-9H,10,17H2. The Balaban J connectivity index is 2.02. The van der Waals surface area contributed by atoms with Gasteiger partial charge in [0.15, 0.2) is 11.6 Å². The van der Waals surface area contributed by atoms with Crippen molar-refractivity contribution in [3.05, 3.63) is 59.9 Å². The van der Waals surface area contributed by atoms with Crippen LogP contribution in [0.15, 0.2) is 53.5 Å². The summed E-state index contributed by atoms with van der Waals surface area (Å²) in [7, 11) is 0. The minimum atomic E-state index is 0.508. The predicted octanol–water partition coefficient (Wildman–Crippen LogP) is 2.45. The summed E-state index contributed by atoms with van der Waals surface area (Å²) in [5.41, 5.74) is 9.74. The Morgan fingerprint density at radius 2 is 1.76 bits per heavy atom. The van der Waals surface area contributed by atoms with Crippen molar-refractivity contribution in [1.29, 1.82) is 0 Å². The second-order valence-corrected chi connectivity index (χ2v) is 4.89. The molecule has 102 valence electrons. The molecule has 0 saturated heterocycles. The van der Waals surface area contributed by atoms with E-state index in [0.717, 1.165) is 28.5 Å². The molecule has 21 heavy (non-hydrogen) atoms. The first kappa shape index (κ1) is 11.8. The summed E-state index contributed by atoms with van der Waals surface area (Å²) >= 11 is 0. The van der Waals surface area contributed by atoms with Crippen LogP contribution in [0.2, 0.25) is 0 Å². The van der Waals surface area contributed by atoms with Crippen LogP contribution in [0.4, 0.5) is 5.69 Å². The summed E-state index contributed by atoms with van der Waals surface area (Å²) in [5, 5.41) is 8.61. The molecule has 0 aliphatic carbocycles. The number of benzene rings is 2. The van der Waals surface area contributed by atoms with Crippen LogP contribution in [0.5, 0.6) is 0 Å². The van der Waals surface area contributed by atoms with E-state index < -0.39 is 0 Å². The largest absolute Gasteiger partial charge is 0.398 e. The van der Waals surface area contributed by atoms with Gasteiger partial charge < -0.3 is 5.73 Å². The number of rotatable bonds is 1. The lowest BCUT2D eigenvalue weighted by Crippen LogP contribution is -2.04. The van der Waals surface area contributed by atoms with E-state index in [1.807, 2.05) is 59.3 Å². The molecule has 2 N–H and O–H groups in total. The normalized spacial score (nSPS) is 12.6. The lowest BCUT2D eigenvalue weighted by molar-refractivity contribution is 0.873. The summed E-state index contributed by atoms with van der Waals surface area (Å²) in [6, 6.07) is 15.8. The molecule has 2 aromatic carbocycles. The molecule has 0 radical (unpaired) electrons. The van der Waals surface area contributed by atoms with Crippen LogP contribution in [0.3, 0.4) is 0 Å². The van der Waals surface area contributed by atoms with Crippen LogP contribution in [0.1, 0.15) is 11.4 Å². The molecule has 0 bridgehead atoms. The molecule has 1 aromatic heterocycles. The van der Waals surface area contributed by atoms with E-state index in [1.54, 1.807) is 0 Å². The van der Waals surface area contributed by atoms with Gasteiger partial charge in [0, 0.05) is 23.0 Å². The highest BCUT2D eigenvalue weighted by Crippen LogP contribution is 2.29. The van der Waals surface area contributed by atoms with Crippen molar-refractivity contribution in [3.8, 4) is 17.1 Å². The summed E-state index contributed by atoms with van der Waals surface area (Å²) in [5.74, 6) is 1.57. The van der Waals surface area contributed by atoms with Gasteiger partial charge in [0.25, 0.3) is 0 Å². The van der Waals surface area contributed by atoms with Crippen LogP contribution in [-0.2, 0) is 6.54 Å². The van der Waals surface area contributed by atoms with Gasteiger partial charge in [0.05, 0.1) is 12.2 Å². The van der Waals surface area contributed by atoms with E-state index in [4.69, 9.17) is 5.73 Å². The lowest BCUT2D eigenvalue weighted by atomic mass is 10.1. The van der Waals surface area contributed by atoms with Gasteiger partial charge in [-0.2, -0.15) is 0 Å². The van der Waals surface area contributed by atoms with Crippen LogP contribution < -0.4 is 5.73 Å².